The minimum absolute atomic E-state index is 0.107. The Hall–Kier alpha value is -1.94. The molecule has 0 radical (unpaired) electrons. The summed E-state index contributed by atoms with van der Waals surface area (Å²) >= 11 is 0. The van der Waals surface area contributed by atoms with E-state index in [9.17, 15) is 43.2 Å². The molecule has 0 spiro atoms. The van der Waals surface area contributed by atoms with Gasteiger partial charge in [-0.2, -0.15) is 0 Å². The first-order chi connectivity index (χ1) is 52.4. The molecular weight excluding hydrogens is 1400 g/mol. The maximum atomic E-state index is 13.2. The van der Waals surface area contributed by atoms with Gasteiger partial charge in [0.25, 0.3) is 0 Å². The van der Waals surface area contributed by atoms with Crippen molar-refractivity contribution in [2.24, 2.45) is 11.8 Å². The quantitative estimate of drug-likeness (QED) is 0.0222. The van der Waals surface area contributed by atoms with Crippen molar-refractivity contribution in [2.75, 3.05) is 39.6 Å². The van der Waals surface area contributed by atoms with Crippen LogP contribution in [-0.4, -0.2) is 96.7 Å². The topological polar surface area (TPSA) is 237 Å². The van der Waals surface area contributed by atoms with Gasteiger partial charge in [0.15, 0.2) is 12.2 Å². The number of aliphatic hydroxyl groups is 1. The lowest BCUT2D eigenvalue weighted by molar-refractivity contribution is -0.161. The number of phosphoric ester groups is 2. The Morgan fingerprint density at radius 2 is 0.426 bits per heavy atom. The zero-order valence-corrected chi connectivity index (χ0v) is 73.0. The van der Waals surface area contributed by atoms with E-state index in [1.165, 1.54) is 295 Å². The number of phosphoric acid groups is 2. The lowest BCUT2D eigenvalue weighted by Crippen LogP contribution is -2.30. The Labute approximate surface area is 664 Å². The second-order valence-corrected chi connectivity index (χ2v) is 35.8. The van der Waals surface area contributed by atoms with Crippen LogP contribution in [0.15, 0.2) is 0 Å². The fraction of sp³-hybridized carbons (Fsp3) is 0.955. The fourth-order valence-electron chi connectivity index (χ4n) is 14.0. The molecule has 2 unspecified atom stereocenters. The minimum atomic E-state index is -4.97. The van der Waals surface area contributed by atoms with Gasteiger partial charge >= 0.3 is 39.5 Å². The molecule has 3 N–H and O–H groups in total. The summed E-state index contributed by atoms with van der Waals surface area (Å²) in [4.78, 5) is 73.3. The molecule has 0 heterocycles. The maximum absolute atomic E-state index is 13.2. The Bertz CT molecular complexity index is 2060. The molecule has 5 atom stereocenters. The van der Waals surface area contributed by atoms with Gasteiger partial charge in [0, 0.05) is 25.7 Å². The van der Waals surface area contributed by atoms with Gasteiger partial charge in [0.2, 0.25) is 0 Å². The molecule has 0 saturated heterocycles. The fourth-order valence-corrected chi connectivity index (χ4v) is 15.5. The van der Waals surface area contributed by atoms with Crippen molar-refractivity contribution in [2.45, 2.75) is 496 Å². The lowest BCUT2D eigenvalue weighted by Gasteiger charge is -2.21. The average molecular weight is 1580 g/mol. The molecule has 0 rings (SSSR count). The zero-order chi connectivity index (χ0) is 79.2. The summed E-state index contributed by atoms with van der Waals surface area (Å²) in [6.07, 6.45) is 73.7. The van der Waals surface area contributed by atoms with Crippen molar-refractivity contribution in [3.8, 4) is 0 Å². The van der Waals surface area contributed by atoms with Crippen LogP contribution in [0.2, 0.25) is 0 Å². The number of hydrogen-bond donors (Lipinski definition) is 3. The molecular formula is C89H174O17P2. The van der Waals surface area contributed by atoms with Crippen LogP contribution in [0, 0.1) is 11.8 Å². The molecule has 0 fully saturated rings. The van der Waals surface area contributed by atoms with Crippen LogP contribution in [0.4, 0.5) is 0 Å². The lowest BCUT2D eigenvalue weighted by atomic mass is 10.0. The van der Waals surface area contributed by atoms with Gasteiger partial charge in [-0.15, -0.1) is 0 Å². The SMILES string of the molecule is CCCCCCCCCCCCCCCCCCCCCCCC(=O)O[C@H](COC(=O)CCCCCCCCCCCCCCCCCCCCCC)COP(=O)(O)OC[C@@H](O)COP(=O)(O)OC[C@@H](COC(=O)CCCCCCCCCCCC(C)C)OC(=O)CCCCCCCCCCCCCCC(C)C. The summed E-state index contributed by atoms with van der Waals surface area (Å²) in [5, 5.41) is 10.7. The van der Waals surface area contributed by atoms with Crippen LogP contribution >= 0.6 is 15.6 Å². The Kier molecular flexibility index (Phi) is 78.8. The number of carbonyl (C=O) groups is 4. The standard InChI is InChI=1S/C89H174O17P2/c1-7-9-11-13-15-17-19-21-23-25-27-29-31-33-35-37-42-48-55-61-67-73-88(93)105-84(77-99-86(91)71-65-59-53-47-41-36-34-32-30-28-26-24-22-20-18-16-14-12-10-8-2)79-103-107(95,96)101-75-83(90)76-102-108(97,98)104-80-85(78-100-87(92)72-66-60-54-50-44-46-52-58-64-70-82(5)6)106-89(94)74-68-62-56-49-43-39-38-40-45-51-57-63-69-81(3)4/h81-85,90H,7-80H2,1-6H3,(H,95,96)(H,97,98)/t83-,84-,85-/m1/s1. The van der Waals surface area contributed by atoms with E-state index in [-0.39, 0.29) is 25.7 Å². The van der Waals surface area contributed by atoms with Gasteiger partial charge < -0.3 is 33.8 Å². The molecule has 0 amide bonds. The molecule has 19 heteroatoms. The summed E-state index contributed by atoms with van der Waals surface area (Å²) < 4.78 is 69.0. The highest BCUT2D eigenvalue weighted by Gasteiger charge is 2.31. The van der Waals surface area contributed by atoms with E-state index in [1.54, 1.807) is 0 Å². The van der Waals surface area contributed by atoms with E-state index in [0.29, 0.717) is 25.7 Å². The molecule has 0 aliphatic rings. The van der Waals surface area contributed by atoms with Crippen molar-refractivity contribution in [1.82, 2.24) is 0 Å². The molecule has 108 heavy (non-hydrogen) atoms. The normalized spacial score (nSPS) is 13.8. The van der Waals surface area contributed by atoms with Gasteiger partial charge in [-0.1, -0.05) is 427 Å². The number of rotatable bonds is 88. The van der Waals surface area contributed by atoms with Gasteiger partial charge in [-0.05, 0) is 37.5 Å². The first-order valence-corrected chi connectivity index (χ1v) is 49.0. The van der Waals surface area contributed by atoms with Gasteiger partial charge in [-0.3, -0.25) is 37.3 Å². The summed E-state index contributed by atoms with van der Waals surface area (Å²) in [6, 6.07) is 0. The molecule has 0 saturated carbocycles. The minimum Gasteiger partial charge on any atom is -0.462 e. The van der Waals surface area contributed by atoms with Gasteiger partial charge in [-0.25, -0.2) is 9.13 Å². The van der Waals surface area contributed by atoms with Gasteiger partial charge in [0.1, 0.15) is 19.3 Å². The molecule has 0 aliphatic heterocycles. The number of carbonyl (C=O) groups excluding carboxylic acids is 4. The zero-order valence-electron chi connectivity index (χ0n) is 71.2. The third kappa shape index (κ3) is 82.1. The number of ether oxygens (including phenoxy) is 4. The first-order valence-electron chi connectivity index (χ1n) is 46.0. The highest BCUT2D eigenvalue weighted by Crippen LogP contribution is 2.45. The van der Waals surface area contributed by atoms with Crippen LogP contribution < -0.4 is 0 Å². The maximum Gasteiger partial charge on any atom is 0.472 e. The summed E-state index contributed by atoms with van der Waals surface area (Å²) in [5.74, 6) is -0.579. The summed E-state index contributed by atoms with van der Waals surface area (Å²) in [6.45, 7) is 9.68. The number of aliphatic hydroxyl groups excluding tert-OH is 1. The molecule has 0 aromatic carbocycles. The third-order valence-corrected chi connectivity index (χ3v) is 22.9. The van der Waals surface area contributed by atoms with E-state index in [4.69, 9.17) is 37.0 Å². The number of esters is 4. The second-order valence-electron chi connectivity index (χ2n) is 32.9. The van der Waals surface area contributed by atoms with E-state index < -0.39 is 97.5 Å². The van der Waals surface area contributed by atoms with Crippen molar-refractivity contribution >= 4 is 39.5 Å². The van der Waals surface area contributed by atoms with Crippen molar-refractivity contribution in [1.29, 1.82) is 0 Å². The van der Waals surface area contributed by atoms with Crippen LogP contribution in [0.3, 0.4) is 0 Å². The molecule has 17 nitrogen and oxygen atoms in total. The van der Waals surface area contributed by atoms with E-state index in [0.717, 1.165) is 102 Å². The van der Waals surface area contributed by atoms with E-state index in [1.807, 2.05) is 0 Å². The van der Waals surface area contributed by atoms with Crippen LogP contribution in [0.25, 0.3) is 0 Å². The highest BCUT2D eigenvalue weighted by molar-refractivity contribution is 7.47. The highest BCUT2D eigenvalue weighted by atomic mass is 31.2. The molecule has 0 bridgehead atoms. The summed E-state index contributed by atoms with van der Waals surface area (Å²) in [7, 11) is -9.93. The van der Waals surface area contributed by atoms with Crippen LogP contribution in [0.5, 0.6) is 0 Å². The van der Waals surface area contributed by atoms with Crippen LogP contribution in [-0.2, 0) is 65.4 Å². The molecule has 0 aromatic rings. The first kappa shape index (κ1) is 106. The second kappa shape index (κ2) is 80.3. The van der Waals surface area contributed by atoms with Crippen molar-refractivity contribution in [3.05, 3.63) is 0 Å². The van der Waals surface area contributed by atoms with Crippen molar-refractivity contribution < 1.29 is 80.2 Å². The largest absolute Gasteiger partial charge is 0.472 e. The van der Waals surface area contributed by atoms with E-state index in [2.05, 4.69) is 41.5 Å². The summed E-state index contributed by atoms with van der Waals surface area (Å²) in [5.41, 5.74) is 0. The van der Waals surface area contributed by atoms with Crippen LogP contribution in [0.1, 0.15) is 478 Å². The predicted molar refractivity (Wildman–Crippen MR) is 446 cm³/mol. The Morgan fingerprint density at radius 3 is 0.630 bits per heavy atom. The Balaban J connectivity index is 5.24. The number of unbranched alkanes of at least 4 members (excludes halogenated alkanes) is 58. The van der Waals surface area contributed by atoms with E-state index >= 15 is 0 Å². The number of hydrogen-bond acceptors (Lipinski definition) is 15. The monoisotopic (exact) mass is 1580 g/mol. The smallest absolute Gasteiger partial charge is 0.462 e. The Morgan fingerprint density at radius 1 is 0.250 bits per heavy atom. The molecule has 0 aliphatic carbocycles. The molecule has 0 aromatic heterocycles. The molecule has 642 valence electrons. The predicted octanol–water partition coefficient (Wildman–Crippen LogP) is 27.4. The average Bonchev–Trinajstić information content (AvgIpc) is 0.900. The third-order valence-electron chi connectivity index (χ3n) is 21.0. The van der Waals surface area contributed by atoms with Crippen molar-refractivity contribution in [3.63, 3.8) is 0 Å². The van der Waals surface area contributed by atoms with Gasteiger partial charge in [0.05, 0.1) is 26.4 Å².